The van der Waals surface area contributed by atoms with Gasteiger partial charge in [0.1, 0.15) is 0 Å². The zero-order chi connectivity index (χ0) is 14.3. The van der Waals surface area contributed by atoms with Gasteiger partial charge in [-0.2, -0.15) is 5.06 Å². The van der Waals surface area contributed by atoms with Gasteiger partial charge >= 0.3 is 5.97 Å². The SMILES string of the molecule is COC(=O)[C@H]1C[C@@H](c2cc3ccccc3n2C)N(C)O1. The Morgan fingerprint density at radius 1 is 1.35 bits per heavy atom. The fourth-order valence-corrected chi connectivity index (χ4v) is 2.88. The molecule has 0 bridgehead atoms. The van der Waals surface area contributed by atoms with E-state index in [4.69, 9.17) is 9.57 Å². The highest BCUT2D eigenvalue weighted by atomic mass is 16.7. The van der Waals surface area contributed by atoms with E-state index in [9.17, 15) is 4.79 Å². The molecule has 1 aromatic heterocycles. The van der Waals surface area contributed by atoms with Gasteiger partial charge < -0.3 is 9.30 Å². The molecule has 1 aromatic carbocycles. The number of methoxy groups -OCH3 is 1. The van der Waals surface area contributed by atoms with Gasteiger partial charge in [0, 0.05) is 31.7 Å². The van der Waals surface area contributed by atoms with Crippen LogP contribution in [-0.4, -0.2) is 35.9 Å². The molecule has 20 heavy (non-hydrogen) atoms. The van der Waals surface area contributed by atoms with Gasteiger partial charge in [0.2, 0.25) is 0 Å². The molecule has 0 spiro atoms. The van der Waals surface area contributed by atoms with Crippen molar-refractivity contribution in [3.8, 4) is 0 Å². The lowest BCUT2D eigenvalue weighted by atomic mass is 10.1. The van der Waals surface area contributed by atoms with Crippen molar-refractivity contribution < 1.29 is 14.4 Å². The van der Waals surface area contributed by atoms with Gasteiger partial charge in [-0.3, -0.25) is 4.84 Å². The Bertz CT molecular complexity index is 650. The average Bonchev–Trinajstić information content (AvgIpc) is 2.99. The summed E-state index contributed by atoms with van der Waals surface area (Å²) < 4.78 is 6.91. The molecule has 5 heteroatoms. The number of hydrogen-bond donors (Lipinski definition) is 0. The number of rotatable bonds is 2. The van der Waals surface area contributed by atoms with Gasteiger partial charge in [0.25, 0.3) is 0 Å². The fraction of sp³-hybridized carbons (Fsp3) is 0.400. The van der Waals surface area contributed by atoms with E-state index in [1.165, 1.54) is 18.0 Å². The van der Waals surface area contributed by atoms with Crippen molar-refractivity contribution in [1.29, 1.82) is 0 Å². The second-order valence-electron chi connectivity index (χ2n) is 5.10. The van der Waals surface area contributed by atoms with Crippen LogP contribution in [0.4, 0.5) is 0 Å². The lowest BCUT2D eigenvalue weighted by molar-refractivity contribution is -0.179. The molecule has 2 atom stereocenters. The first-order valence-corrected chi connectivity index (χ1v) is 6.63. The van der Waals surface area contributed by atoms with Crippen LogP contribution in [0, 0.1) is 0 Å². The van der Waals surface area contributed by atoms with E-state index >= 15 is 0 Å². The number of para-hydroxylation sites is 1. The zero-order valence-corrected chi connectivity index (χ0v) is 11.9. The van der Waals surface area contributed by atoms with Crippen molar-refractivity contribution in [3.05, 3.63) is 36.0 Å². The Morgan fingerprint density at radius 2 is 2.10 bits per heavy atom. The summed E-state index contributed by atoms with van der Waals surface area (Å²) in [5, 5.41) is 2.94. The first-order chi connectivity index (χ1) is 9.61. The van der Waals surface area contributed by atoms with E-state index in [-0.39, 0.29) is 12.0 Å². The van der Waals surface area contributed by atoms with Gasteiger partial charge in [0.05, 0.1) is 13.2 Å². The van der Waals surface area contributed by atoms with Gasteiger partial charge in [-0.25, -0.2) is 4.79 Å². The highest BCUT2D eigenvalue weighted by Gasteiger charge is 2.38. The zero-order valence-electron chi connectivity index (χ0n) is 11.9. The Balaban J connectivity index is 1.95. The number of carbonyl (C=O) groups excluding carboxylic acids is 1. The number of aryl methyl sites for hydroxylation is 1. The topological polar surface area (TPSA) is 43.7 Å². The maximum Gasteiger partial charge on any atom is 0.337 e. The minimum atomic E-state index is -0.520. The summed E-state index contributed by atoms with van der Waals surface area (Å²) in [6, 6.07) is 10.4. The molecular weight excluding hydrogens is 256 g/mol. The molecule has 106 valence electrons. The van der Waals surface area contributed by atoms with Gasteiger partial charge in [-0.1, -0.05) is 18.2 Å². The second-order valence-corrected chi connectivity index (χ2v) is 5.10. The molecule has 1 aliphatic heterocycles. The molecule has 1 fully saturated rings. The van der Waals surface area contributed by atoms with Crippen LogP contribution >= 0.6 is 0 Å². The van der Waals surface area contributed by atoms with E-state index in [0.29, 0.717) is 6.42 Å². The van der Waals surface area contributed by atoms with Crippen LogP contribution < -0.4 is 0 Å². The van der Waals surface area contributed by atoms with E-state index < -0.39 is 6.10 Å². The number of hydrogen-bond acceptors (Lipinski definition) is 4. The van der Waals surface area contributed by atoms with Crippen molar-refractivity contribution in [1.82, 2.24) is 9.63 Å². The Hall–Kier alpha value is -1.85. The predicted molar refractivity (Wildman–Crippen MR) is 74.9 cm³/mol. The van der Waals surface area contributed by atoms with Gasteiger partial charge in [0.15, 0.2) is 6.10 Å². The quantitative estimate of drug-likeness (QED) is 0.786. The number of benzene rings is 1. The van der Waals surface area contributed by atoms with Crippen molar-refractivity contribution >= 4 is 16.9 Å². The standard InChI is InChI=1S/C15H18N2O3/c1-16-11-7-5-4-6-10(11)8-12(16)13-9-14(15(18)19-3)20-17(13)2/h4-8,13-14H,9H2,1-3H3/t13-,14+/m0/s1. The van der Waals surface area contributed by atoms with E-state index in [1.54, 1.807) is 5.06 Å². The molecule has 1 aliphatic rings. The molecule has 0 amide bonds. The van der Waals surface area contributed by atoms with Crippen LogP contribution in [0.25, 0.3) is 10.9 Å². The second kappa shape index (κ2) is 4.92. The number of carbonyl (C=O) groups is 1. The number of esters is 1. The smallest absolute Gasteiger partial charge is 0.337 e. The number of hydroxylamine groups is 2. The summed E-state index contributed by atoms with van der Waals surface area (Å²) in [6.45, 7) is 0. The minimum Gasteiger partial charge on any atom is -0.467 e. The van der Waals surface area contributed by atoms with Crippen molar-refractivity contribution in [2.24, 2.45) is 7.05 Å². The summed E-state index contributed by atoms with van der Waals surface area (Å²) >= 11 is 0. The molecule has 1 saturated heterocycles. The molecule has 0 radical (unpaired) electrons. The van der Waals surface area contributed by atoms with Crippen LogP contribution in [0.2, 0.25) is 0 Å². The normalized spacial score (nSPS) is 23.4. The largest absolute Gasteiger partial charge is 0.467 e. The average molecular weight is 274 g/mol. The molecule has 0 aliphatic carbocycles. The van der Waals surface area contributed by atoms with Crippen LogP contribution in [0.1, 0.15) is 18.2 Å². The molecule has 0 N–H and O–H groups in total. The third-order valence-electron chi connectivity index (χ3n) is 3.96. The lowest BCUT2D eigenvalue weighted by Gasteiger charge is -2.18. The number of fused-ring (bicyclic) bond motifs is 1. The lowest BCUT2D eigenvalue weighted by Crippen LogP contribution is -2.23. The molecule has 0 unspecified atom stereocenters. The van der Waals surface area contributed by atoms with Crippen LogP contribution in [0.5, 0.6) is 0 Å². The van der Waals surface area contributed by atoms with E-state index in [0.717, 1.165) is 5.69 Å². The van der Waals surface area contributed by atoms with Gasteiger partial charge in [-0.15, -0.1) is 0 Å². The third-order valence-corrected chi connectivity index (χ3v) is 3.96. The van der Waals surface area contributed by atoms with Crippen LogP contribution in [0.3, 0.4) is 0 Å². The summed E-state index contributed by atoms with van der Waals surface area (Å²) in [5.41, 5.74) is 2.32. The Labute approximate surface area is 117 Å². The van der Waals surface area contributed by atoms with E-state index in [2.05, 4.69) is 22.8 Å². The highest BCUT2D eigenvalue weighted by Crippen LogP contribution is 2.35. The fourth-order valence-electron chi connectivity index (χ4n) is 2.88. The van der Waals surface area contributed by atoms with Crippen molar-refractivity contribution in [3.63, 3.8) is 0 Å². The maximum atomic E-state index is 11.6. The van der Waals surface area contributed by atoms with E-state index in [1.807, 2.05) is 26.2 Å². The Kier molecular flexibility index (Phi) is 3.23. The summed E-state index contributed by atoms with van der Waals surface area (Å²) in [4.78, 5) is 17.2. The van der Waals surface area contributed by atoms with Crippen LogP contribution in [0.15, 0.2) is 30.3 Å². The number of nitrogens with zero attached hydrogens (tertiary/aromatic N) is 2. The monoisotopic (exact) mass is 274 g/mol. The molecule has 2 aromatic rings. The highest BCUT2D eigenvalue weighted by molar-refractivity contribution is 5.81. The van der Waals surface area contributed by atoms with Crippen molar-refractivity contribution in [2.75, 3.05) is 14.2 Å². The van der Waals surface area contributed by atoms with Crippen LogP contribution in [-0.2, 0) is 21.4 Å². The Morgan fingerprint density at radius 3 is 2.80 bits per heavy atom. The van der Waals surface area contributed by atoms with Gasteiger partial charge in [-0.05, 0) is 17.5 Å². The molecular formula is C15H18N2O3. The predicted octanol–water partition coefficient (Wildman–Crippen LogP) is 2.03. The molecule has 3 rings (SSSR count). The first-order valence-electron chi connectivity index (χ1n) is 6.63. The first kappa shape index (κ1) is 13.1. The maximum absolute atomic E-state index is 11.6. The third kappa shape index (κ3) is 1.99. The molecule has 0 saturated carbocycles. The number of aromatic nitrogens is 1. The number of ether oxygens (including phenoxy) is 1. The summed E-state index contributed by atoms with van der Waals surface area (Å²) in [6.07, 6.45) is 0.0841. The summed E-state index contributed by atoms with van der Waals surface area (Å²) in [5.74, 6) is -0.321. The minimum absolute atomic E-state index is 0.0523. The molecule has 5 nitrogen and oxygen atoms in total. The summed E-state index contributed by atoms with van der Waals surface area (Å²) in [7, 11) is 5.28. The van der Waals surface area contributed by atoms with Crippen molar-refractivity contribution in [2.45, 2.75) is 18.6 Å². The molecule has 2 heterocycles.